The Balaban J connectivity index is 3.26. The highest BCUT2D eigenvalue weighted by Gasteiger charge is 2.21. The van der Waals surface area contributed by atoms with Gasteiger partial charge in [0, 0.05) is 5.56 Å². The lowest BCUT2D eigenvalue weighted by molar-refractivity contribution is -0.138. The number of phenols is 1. The molecule has 0 radical (unpaired) electrons. The molecule has 6 nitrogen and oxygen atoms in total. The first kappa shape index (κ1) is 11.0. The Morgan fingerprint density at radius 3 is 2.33 bits per heavy atom. The van der Waals surface area contributed by atoms with Crippen LogP contribution in [0.3, 0.4) is 0 Å². The average Bonchev–Trinajstić information content (AvgIpc) is 2.16. The molecule has 1 rings (SSSR count). The van der Waals surface area contributed by atoms with Crippen LogP contribution in [0.4, 0.5) is 0 Å². The minimum Gasteiger partial charge on any atom is -0.507 e. The molecule has 0 fully saturated rings. The first-order chi connectivity index (χ1) is 6.95. The highest BCUT2D eigenvalue weighted by Crippen LogP contribution is 2.26. The van der Waals surface area contributed by atoms with E-state index in [0.29, 0.717) is 0 Å². The van der Waals surface area contributed by atoms with Gasteiger partial charge in [-0.2, -0.15) is 0 Å². The molecule has 0 amide bonds. The summed E-state index contributed by atoms with van der Waals surface area (Å²) in [5.41, 5.74) is 4.76. The van der Waals surface area contributed by atoms with Gasteiger partial charge in [0.25, 0.3) is 0 Å². The fourth-order valence-corrected chi connectivity index (χ4v) is 1.12. The van der Waals surface area contributed by atoms with Crippen LogP contribution in [0.15, 0.2) is 18.2 Å². The highest BCUT2D eigenvalue weighted by atomic mass is 16.4. The lowest BCUT2D eigenvalue weighted by Crippen LogP contribution is -2.21. The Hall–Kier alpha value is -2.08. The van der Waals surface area contributed by atoms with Crippen LogP contribution in [0, 0.1) is 0 Å². The number of hydrogen-bond acceptors (Lipinski definition) is 4. The van der Waals surface area contributed by atoms with E-state index in [1.807, 2.05) is 0 Å². The molecule has 0 saturated carbocycles. The van der Waals surface area contributed by atoms with Gasteiger partial charge in [0.2, 0.25) is 0 Å². The van der Waals surface area contributed by atoms with Crippen LogP contribution in [0.2, 0.25) is 0 Å². The molecule has 1 atom stereocenters. The number of nitrogens with two attached hydrogens (primary N) is 1. The summed E-state index contributed by atoms with van der Waals surface area (Å²) >= 11 is 0. The zero-order chi connectivity index (χ0) is 11.6. The van der Waals surface area contributed by atoms with Gasteiger partial charge in [-0.25, -0.2) is 4.79 Å². The van der Waals surface area contributed by atoms with Crippen molar-refractivity contribution in [1.82, 2.24) is 0 Å². The molecule has 6 heteroatoms. The maximum atomic E-state index is 10.6. The fraction of sp³-hybridized carbons (Fsp3) is 0.111. The lowest BCUT2D eigenvalue weighted by atomic mass is 10.0. The normalized spacial score (nSPS) is 12.1. The van der Waals surface area contributed by atoms with Crippen LogP contribution in [0.5, 0.6) is 5.75 Å². The molecule has 0 saturated heterocycles. The quantitative estimate of drug-likeness (QED) is 0.565. The second-order valence-electron chi connectivity index (χ2n) is 2.86. The van der Waals surface area contributed by atoms with Gasteiger partial charge >= 0.3 is 11.9 Å². The summed E-state index contributed by atoms with van der Waals surface area (Å²) < 4.78 is 0. The summed E-state index contributed by atoms with van der Waals surface area (Å²) in [5.74, 6) is -3.29. The maximum absolute atomic E-state index is 10.6. The monoisotopic (exact) mass is 211 g/mol. The second-order valence-corrected chi connectivity index (χ2v) is 2.86. The number of carbonyl (C=O) groups is 2. The topological polar surface area (TPSA) is 121 Å². The molecule has 0 aliphatic rings. The van der Waals surface area contributed by atoms with Gasteiger partial charge < -0.3 is 21.1 Å². The van der Waals surface area contributed by atoms with Crippen molar-refractivity contribution in [2.24, 2.45) is 5.73 Å². The standard InChI is InChI=1S/C9H9NO5/c10-6(9(14)15)4-2-1-3-5(7(4)11)8(12)13/h1-3,6,11H,10H2,(H,12,13)(H,14,15)/t6-/m0/s1. The van der Waals surface area contributed by atoms with Crippen molar-refractivity contribution in [2.75, 3.05) is 0 Å². The molecule has 1 aromatic carbocycles. The molecule has 0 unspecified atom stereocenters. The van der Waals surface area contributed by atoms with Crippen molar-refractivity contribution < 1.29 is 24.9 Å². The molecular weight excluding hydrogens is 202 g/mol. The number of para-hydroxylation sites is 1. The lowest BCUT2D eigenvalue weighted by Gasteiger charge is -2.10. The van der Waals surface area contributed by atoms with Gasteiger partial charge in [-0.3, -0.25) is 4.79 Å². The van der Waals surface area contributed by atoms with E-state index in [9.17, 15) is 14.7 Å². The Kier molecular flexibility index (Phi) is 2.91. The van der Waals surface area contributed by atoms with Crippen molar-refractivity contribution in [3.63, 3.8) is 0 Å². The minimum atomic E-state index is -1.44. The number of aromatic hydroxyl groups is 1. The van der Waals surface area contributed by atoms with Gasteiger partial charge in [0.15, 0.2) is 0 Å². The summed E-state index contributed by atoms with van der Waals surface area (Å²) in [6, 6.07) is 2.31. The van der Waals surface area contributed by atoms with E-state index in [0.717, 1.165) is 6.07 Å². The van der Waals surface area contributed by atoms with Crippen molar-refractivity contribution in [3.8, 4) is 5.75 Å². The highest BCUT2D eigenvalue weighted by molar-refractivity contribution is 5.92. The smallest absolute Gasteiger partial charge is 0.339 e. The van der Waals surface area contributed by atoms with E-state index in [-0.39, 0.29) is 11.1 Å². The third-order valence-corrected chi connectivity index (χ3v) is 1.90. The molecule has 0 aliphatic carbocycles. The number of aliphatic carboxylic acids is 1. The largest absolute Gasteiger partial charge is 0.507 e. The van der Waals surface area contributed by atoms with E-state index in [1.54, 1.807) is 0 Å². The number of aromatic carboxylic acids is 1. The van der Waals surface area contributed by atoms with Crippen molar-refractivity contribution in [1.29, 1.82) is 0 Å². The molecule has 0 spiro atoms. The molecule has 1 aromatic rings. The van der Waals surface area contributed by atoms with E-state index >= 15 is 0 Å². The van der Waals surface area contributed by atoms with Gasteiger partial charge in [0.1, 0.15) is 17.4 Å². The number of rotatable bonds is 3. The Labute approximate surface area is 84.6 Å². The third kappa shape index (κ3) is 2.05. The molecule has 0 aromatic heterocycles. The van der Waals surface area contributed by atoms with E-state index < -0.39 is 23.7 Å². The Morgan fingerprint density at radius 2 is 1.87 bits per heavy atom. The molecule has 0 bridgehead atoms. The summed E-state index contributed by atoms with van der Waals surface area (Å²) in [7, 11) is 0. The van der Waals surface area contributed by atoms with Gasteiger partial charge in [-0.15, -0.1) is 0 Å². The average molecular weight is 211 g/mol. The summed E-state index contributed by atoms with van der Waals surface area (Å²) in [4.78, 5) is 21.2. The zero-order valence-corrected chi connectivity index (χ0v) is 7.54. The van der Waals surface area contributed by atoms with E-state index in [1.165, 1.54) is 12.1 Å². The van der Waals surface area contributed by atoms with Crippen molar-refractivity contribution in [2.45, 2.75) is 6.04 Å². The van der Waals surface area contributed by atoms with Crippen LogP contribution >= 0.6 is 0 Å². The Bertz CT molecular complexity index is 415. The van der Waals surface area contributed by atoms with Crippen molar-refractivity contribution >= 4 is 11.9 Å². The number of carboxylic acids is 2. The fourth-order valence-electron chi connectivity index (χ4n) is 1.12. The number of hydrogen-bond donors (Lipinski definition) is 4. The summed E-state index contributed by atoms with van der Waals surface area (Å²) in [5, 5.41) is 26.7. The third-order valence-electron chi connectivity index (χ3n) is 1.90. The first-order valence-electron chi connectivity index (χ1n) is 3.98. The number of carboxylic acid groups (broad SMARTS) is 2. The minimum absolute atomic E-state index is 0.123. The van der Waals surface area contributed by atoms with Crippen LogP contribution in [-0.4, -0.2) is 27.3 Å². The number of benzene rings is 1. The summed E-state index contributed by atoms with van der Waals surface area (Å²) in [6.45, 7) is 0. The van der Waals surface area contributed by atoms with Crippen molar-refractivity contribution in [3.05, 3.63) is 29.3 Å². The summed E-state index contributed by atoms with van der Waals surface area (Å²) in [6.07, 6.45) is 0. The SMILES string of the molecule is N[C@H](C(=O)O)c1cccc(C(=O)O)c1O. The van der Waals surface area contributed by atoms with Gasteiger partial charge in [-0.1, -0.05) is 12.1 Å². The van der Waals surface area contributed by atoms with Crippen LogP contribution in [0.1, 0.15) is 22.0 Å². The van der Waals surface area contributed by atoms with Gasteiger partial charge in [-0.05, 0) is 6.07 Å². The molecule has 0 aliphatic heterocycles. The molecule has 0 heterocycles. The molecular formula is C9H9NO5. The Morgan fingerprint density at radius 1 is 1.27 bits per heavy atom. The predicted molar refractivity (Wildman–Crippen MR) is 49.6 cm³/mol. The molecule has 5 N–H and O–H groups in total. The van der Waals surface area contributed by atoms with Gasteiger partial charge in [0.05, 0.1) is 0 Å². The van der Waals surface area contributed by atoms with Crippen LogP contribution in [-0.2, 0) is 4.79 Å². The molecule has 80 valence electrons. The first-order valence-corrected chi connectivity index (χ1v) is 3.98. The van der Waals surface area contributed by atoms with Crippen LogP contribution in [0.25, 0.3) is 0 Å². The van der Waals surface area contributed by atoms with E-state index in [4.69, 9.17) is 15.9 Å². The second kappa shape index (κ2) is 3.97. The maximum Gasteiger partial charge on any atom is 0.339 e. The zero-order valence-electron chi connectivity index (χ0n) is 7.54. The van der Waals surface area contributed by atoms with Crippen LogP contribution < -0.4 is 5.73 Å². The molecule has 15 heavy (non-hydrogen) atoms. The predicted octanol–water partition coefficient (Wildman–Crippen LogP) is 0.175. The van der Waals surface area contributed by atoms with E-state index in [2.05, 4.69) is 0 Å².